The molecule has 3 atom stereocenters. The molecule has 1 aliphatic rings. The van der Waals surface area contributed by atoms with Gasteiger partial charge < -0.3 is 16.2 Å². The maximum absolute atomic E-state index is 8.84. The number of nitrogens with one attached hydrogen (secondary N) is 1. The molecule has 1 rings (SSSR count). The maximum atomic E-state index is 8.84. The molecule has 4 N–H and O–H groups in total. The smallest absolute Gasteiger partial charge is 0.0445 e. The molecule has 0 radical (unpaired) electrons. The van der Waals surface area contributed by atoms with Crippen LogP contribution in [0.25, 0.3) is 0 Å². The lowest BCUT2D eigenvalue weighted by Gasteiger charge is -2.32. The minimum Gasteiger partial charge on any atom is -0.396 e. The quantitative estimate of drug-likeness (QED) is 0.631. The summed E-state index contributed by atoms with van der Waals surface area (Å²) in [5.74, 6) is 1.10. The predicted molar refractivity (Wildman–Crippen MR) is 62.6 cm³/mol. The van der Waals surface area contributed by atoms with Gasteiger partial charge in [0.2, 0.25) is 0 Å². The minimum absolute atomic E-state index is 0.110. The predicted octanol–water partition coefficient (Wildman–Crippen LogP) is 0.570. The number of aliphatic hydroxyl groups excluding tert-OH is 1. The van der Waals surface area contributed by atoms with Gasteiger partial charge in [0.1, 0.15) is 0 Å². The summed E-state index contributed by atoms with van der Waals surface area (Å²) in [6.07, 6.45) is 1.95. The molecule has 84 valence electrons. The summed E-state index contributed by atoms with van der Waals surface area (Å²) in [6.45, 7) is 5.30. The Morgan fingerprint density at radius 3 is 2.86 bits per heavy atom. The van der Waals surface area contributed by atoms with Crippen LogP contribution in [0.2, 0.25) is 0 Å². The van der Waals surface area contributed by atoms with Crippen LogP contribution in [-0.2, 0) is 0 Å². The van der Waals surface area contributed by atoms with E-state index in [9.17, 15) is 0 Å². The Morgan fingerprint density at radius 1 is 1.71 bits per heavy atom. The highest BCUT2D eigenvalue weighted by atomic mass is 32.2. The van der Waals surface area contributed by atoms with Gasteiger partial charge in [-0.2, -0.15) is 11.8 Å². The van der Waals surface area contributed by atoms with Crippen LogP contribution >= 0.6 is 11.8 Å². The van der Waals surface area contributed by atoms with Crippen molar-refractivity contribution in [3.05, 3.63) is 0 Å². The number of rotatable bonds is 5. The zero-order valence-electron chi connectivity index (χ0n) is 9.12. The van der Waals surface area contributed by atoms with E-state index in [2.05, 4.69) is 19.2 Å². The van der Waals surface area contributed by atoms with E-state index >= 15 is 0 Å². The third-order valence-electron chi connectivity index (χ3n) is 2.83. The first-order valence-electron chi connectivity index (χ1n) is 5.32. The Balaban J connectivity index is 2.45. The van der Waals surface area contributed by atoms with Crippen molar-refractivity contribution >= 4 is 11.8 Å². The lowest BCUT2D eigenvalue weighted by atomic mass is 9.95. The van der Waals surface area contributed by atoms with Gasteiger partial charge in [-0.1, -0.05) is 6.92 Å². The van der Waals surface area contributed by atoms with E-state index in [0.717, 1.165) is 18.6 Å². The van der Waals surface area contributed by atoms with Gasteiger partial charge in [-0.15, -0.1) is 0 Å². The molecule has 3 unspecified atom stereocenters. The Bertz CT molecular complexity index is 180. The average Bonchev–Trinajstić information content (AvgIpc) is 2.48. The van der Waals surface area contributed by atoms with Crippen LogP contribution in [0.4, 0.5) is 0 Å². The first-order chi connectivity index (χ1) is 6.62. The van der Waals surface area contributed by atoms with E-state index in [1.54, 1.807) is 0 Å². The molecule has 4 heteroatoms. The fourth-order valence-electron chi connectivity index (χ4n) is 2.06. The van der Waals surface area contributed by atoms with Gasteiger partial charge in [-0.05, 0) is 19.8 Å². The SMILES string of the molecule is CC(CCO)NC1(CN)CSC(C)C1. The second-order valence-corrected chi connectivity index (χ2v) is 5.79. The maximum Gasteiger partial charge on any atom is 0.0445 e. The molecule has 0 aromatic carbocycles. The number of nitrogens with two attached hydrogens (primary N) is 1. The molecule has 0 aromatic rings. The van der Waals surface area contributed by atoms with Crippen molar-refractivity contribution in [2.75, 3.05) is 18.9 Å². The molecule has 1 heterocycles. The Hall–Kier alpha value is 0.230. The van der Waals surface area contributed by atoms with E-state index in [1.807, 2.05) is 11.8 Å². The zero-order chi connectivity index (χ0) is 10.6. The Kier molecular flexibility index (Phi) is 4.70. The summed E-state index contributed by atoms with van der Waals surface area (Å²) >= 11 is 1.98. The molecular weight excluding hydrogens is 196 g/mol. The zero-order valence-corrected chi connectivity index (χ0v) is 9.94. The van der Waals surface area contributed by atoms with Gasteiger partial charge in [-0.3, -0.25) is 0 Å². The molecule has 1 fully saturated rings. The van der Waals surface area contributed by atoms with Crippen LogP contribution < -0.4 is 11.1 Å². The van der Waals surface area contributed by atoms with Gasteiger partial charge >= 0.3 is 0 Å². The van der Waals surface area contributed by atoms with E-state index in [-0.39, 0.29) is 12.1 Å². The topological polar surface area (TPSA) is 58.3 Å². The van der Waals surface area contributed by atoms with Crippen molar-refractivity contribution in [1.82, 2.24) is 5.32 Å². The van der Waals surface area contributed by atoms with Crippen LogP contribution in [0.1, 0.15) is 26.7 Å². The average molecular weight is 218 g/mol. The van der Waals surface area contributed by atoms with Crippen molar-refractivity contribution in [3.63, 3.8) is 0 Å². The number of aliphatic hydroxyl groups is 1. The van der Waals surface area contributed by atoms with Gasteiger partial charge in [0.15, 0.2) is 0 Å². The molecule has 14 heavy (non-hydrogen) atoms. The van der Waals surface area contributed by atoms with Crippen molar-refractivity contribution in [1.29, 1.82) is 0 Å². The summed E-state index contributed by atoms with van der Waals surface area (Å²) in [4.78, 5) is 0. The summed E-state index contributed by atoms with van der Waals surface area (Å²) in [5, 5.41) is 13.1. The van der Waals surface area contributed by atoms with Crippen molar-refractivity contribution in [2.24, 2.45) is 5.73 Å². The second-order valence-electron chi connectivity index (χ2n) is 4.37. The molecule has 0 aromatic heterocycles. The Morgan fingerprint density at radius 2 is 2.43 bits per heavy atom. The molecule has 0 amide bonds. The summed E-state index contributed by atoms with van der Waals surface area (Å²) < 4.78 is 0. The molecule has 1 aliphatic heterocycles. The molecule has 0 spiro atoms. The van der Waals surface area contributed by atoms with Gasteiger partial charge in [0.25, 0.3) is 0 Å². The first kappa shape index (κ1) is 12.3. The van der Waals surface area contributed by atoms with E-state index in [1.165, 1.54) is 0 Å². The largest absolute Gasteiger partial charge is 0.396 e. The monoisotopic (exact) mass is 218 g/mol. The van der Waals surface area contributed by atoms with Gasteiger partial charge in [0, 0.05) is 35.7 Å². The second kappa shape index (κ2) is 5.35. The molecule has 1 saturated heterocycles. The summed E-state index contributed by atoms with van der Waals surface area (Å²) in [6, 6.07) is 0.356. The number of hydrogen-bond acceptors (Lipinski definition) is 4. The standard InChI is InChI=1S/C10H22N2OS/c1-8(3-4-13)12-10(6-11)5-9(2)14-7-10/h8-9,12-13H,3-7,11H2,1-2H3. The fraction of sp³-hybridized carbons (Fsp3) is 1.00. The van der Waals surface area contributed by atoms with E-state index in [4.69, 9.17) is 10.8 Å². The van der Waals surface area contributed by atoms with Gasteiger partial charge in [0.05, 0.1) is 0 Å². The molecule has 3 nitrogen and oxygen atoms in total. The molecular formula is C10H22N2OS. The highest BCUT2D eigenvalue weighted by molar-refractivity contribution is 8.00. The third-order valence-corrected chi connectivity index (χ3v) is 4.28. The van der Waals surface area contributed by atoms with Gasteiger partial charge in [-0.25, -0.2) is 0 Å². The van der Waals surface area contributed by atoms with Crippen LogP contribution in [0.15, 0.2) is 0 Å². The van der Waals surface area contributed by atoms with E-state index < -0.39 is 0 Å². The summed E-state index contributed by atoms with van der Waals surface area (Å²) in [7, 11) is 0. The molecule has 0 bridgehead atoms. The van der Waals surface area contributed by atoms with Crippen molar-refractivity contribution in [3.8, 4) is 0 Å². The normalized spacial score (nSPS) is 34.7. The fourth-order valence-corrected chi connectivity index (χ4v) is 3.42. The lowest BCUT2D eigenvalue weighted by molar-refractivity contribution is 0.243. The first-order valence-corrected chi connectivity index (χ1v) is 6.37. The lowest BCUT2D eigenvalue weighted by Crippen LogP contribution is -2.55. The number of thioether (sulfide) groups is 1. The van der Waals surface area contributed by atoms with Crippen LogP contribution in [0.5, 0.6) is 0 Å². The summed E-state index contributed by atoms with van der Waals surface area (Å²) in [5.41, 5.74) is 5.95. The molecule has 0 saturated carbocycles. The third kappa shape index (κ3) is 3.12. The Labute approximate surface area is 90.8 Å². The highest BCUT2D eigenvalue weighted by Gasteiger charge is 2.37. The van der Waals surface area contributed by atoms with Crippen LogP contribution in [0, 0.1) is 0 Å². The van der Waals surface area contributed by atoms with Crippen LogP contribution in [-0.4, -0.2) is 40.8 Å². The van der Waals surface area contributed by atoms with E-state index in [0.29, 0.717) is 17.8 Å². The minimum atomic E-state index is 0.110. The number of hydrogen-bond donors (Lipinski definition) is 3. The van der Waals surface area contributed by atoms with Crippen LogP contribution in [0.3, 0.4) is 0 Å². The van der Waals surface area contributed by atoms with Crippen molar-refractivity contribution < 1.29 is 5.11 Å². The molecule has 0 aliphatic carbocycles. The highest BCUT2D eigenvalue weighted by Crippen LogP contribution is 2.34. The van der Waals surface area contributed by atoms with Crippen molar-refractivity contribution in [2.45, 2.75) is 43.5 Å².